The van der Waals surface area contributed by atoms with Crippen LogP contribution < -0.4 is 0 Å². The Labute approximate surface area is 178 Å². The maximum Gasteiger partial charge on any atom is 0.311 e. The summed E-state index contributed by atoms with van der Waals surface area (Å²) in [5.41, 5.74) is 2.73. The van der Waals surface area contributed by atoms with Gasteiger partial charge in [0.05, 0.1) is 5.56 Å². The Balaban J connectivity index is 1.36. The molecule has 1 aromatic carbocycles. The monoisotopic (exact) mass is 444 g/mol. The molecule has 1 fully saturated rings. The molecule has 5 rings (SSSR count). The Morgan fingerprint density at radius 1 is 1.07 bits per heavy atom. The summed E-state index contributed by atoms with van der Waals surface area (Å²) in [5.74, 6) is -0.185. The number of likely N-dealkylation sites (tertiary alicyclic amines) is 1. The molecule has 0 bridgehead atoms. The number of thiophene rings is 1. The first kappa shape index (κ1) is 19.4. The first-order chi connectivity index (χ1) is 14.5. The topological polar surface area (TPSA) is 96.6 Å². The summed E-state index contributed by atoms with van der Waals surface area (Å²) in [5, 5.41) is 9.48. The van der Waals surface area contributed by atoms with E-state index >= 15 is 0 Å². The molecule has 1 saturated heterocycles. The van der Waals surface area contributed by atoms with Crippen LogP contribution in [0, 0.1) is 0 Å². The number of hydrogen-bond donors (Lipinski definition) is 0. The number of carbonyl (C=O) groups excluding carboxylic acids is 1. The summed E-state index contributed by atoms with van der Waals surface area (Å²) in [6.07, 6.45) is 2.64. The van der Waals surface area contributed by atoms with E-state index in [-0.39, 0.29) is 21.9 Å². The third kappa shape index (κ3) is 3.44. The molecule has 4 heterocycles. The average molecular weight is 445 g/mol. The normalized spacial score (nSPS) is 17.3. The standard InChI is InChI=1S/C20H20N4O4S2/c25-20(23-8-3-4-9-23)19-22-21-18(28-19)16-11-17(29-13-16)30(26,27)24-10-7-14-5-1-2-6-15(14)12-24/h1-2,5-6,11,13H,3-4,7-10,12H2. The van der Waals surface area contributed by atoms with E-state index in [0.717, 1.165) is 29.7 Å². The Morgan fingerprint density at radius 3 is 2.63 bits per heavy atom. The fraction of sp³-hybridized carbons (Fsp3) is 0.350. The number of amides is 1. The SMILES string of the molecule is O=C(c1nnc(-c2csc(S(=O)(=O)N3CCc4ccccc4C3)c2)o1)N1CCCC1. The van der Waals surface area contributed by atoms with Gasteiger partial charge in [-0.3, -0.25) is 4.79 Å². The number of rotatable bonds is 4. The molecule has 3 aromatic rings. The quantitative estimate of drug-likeness (QED) is 0.614. The summed E-state index contributed by atoms with van der Waals surface area (Å²) in [4.78, 5) is 14.1. The second-order valence-corrected chi connectivity index (χ2v) is 10.5. The van der Waals surface area contributed by atoms with Gasteiger partial charge < -0.3 is 9.32 Å². The van der Waals surface area contributed by atoms with E-state index < -0.39 is 10.0 Å². The summed E-state index contributed by atoms with van der Waals surface area (Å²) in [7, 11) is -3.63. The van der Waals surface area contributed by atoms with Crippen LogP contribution in [0.15, 0.2) is 44.3 Å². The highest BCUT2D eigenvalue weighted by molar-refractivity contribution is 7.91. The van der Waals surface area contributed by atoms with Crippen molar-refractivity contribution in [2.75, 3.05) is 19.6 Å². The third-order valence-electron chi connectivity index (χ3n) is 5.51. The minimum atomic E-state index is -3.63. The second kappa shape index (κ2) is 7.60. The molecule has 2 aliphatic heterocycles. The van der Waals surface area contributed by atoms with E-state index in [4.69, 9.17) is 4.42 Å². The molecule has 2 aliphatic rings. The van der Waals surface area contributed by atoms with Crippen LogP contribution in [-0.4, -0.2) is 53.4 Å². The molecule has 0 atom stereocenters. The van der Waals surface area contributed by atoms with Gasteiger partial charge in [0.25, 0.3) is 10.0 Å². The molecule has 8 nitrogen and oxygen atoms in total. The van der Waals surface area contributed by atoms with E-state index in [9.17, 15) is 13.2 Å². The number of benzene rings is 1. The van der Waals surface area contributed by atoms with Gasteiger partial charge in [-0.1, -0.05) is 24.3 Å². The zero-order valence-electron chi connectivity index (χ0n) is 16.2. The van der Waals surface area contributed by atoms with Gasteiger partial charge in [0.1, 0.15) is 4.21 Å². The van der Waals surface area contributed by atoms with Crippen molar-refractivity contribution >= 4 is 27.3 Å². The van der Waals surface area contributed by atoms with Gasteiger partial charge in [-0.25, -0.2) is 8.42 Å². The van der Waals surface area contributed by atoms with Gasteiger partial charge in [0.2, 0.25) is 5.89 Å². The van der Waals surface area contributed by atoms with Gasteiger partial charge in [0.15, 0.2) is 0 Å². The molecule has 1 amide bonds. The van der Waals surface area contributed by atoms with E-state index in [1.807, 2.05) is 24.3 Å². The zero-order chi connectivity index (χ0) is 20.7. The van der Waals surface area contributed by atoms with Gasteiger partial charge in [-0.15, -0.1) is 21.5 Å². The smallest absolute Gasteiger partial charge is 0.311 e. The fourth-order valence-electron chi connectivity index (χ4n) is 3.85. The second-order valence-electron chi connectivity index (χ2n) is 7.42. The van der Waals surface area contributed by atoms with E-state index in [2.05, 4.69) is 10.2 Å². The van der Waals surface area contributed by atoms with Crippen molar-refractivity contribution in [2.45, 2.75) is 30.0 Å². The van der Waals surface area contributed by atoms with Crippen LogP contribution in [0.5, 0.6) is 0 Å². The van der Waals surface area contributed by atoms with Gasteiger partial charge in [-0.2, -0.15) is 4.31 Å². The summed E-state index contributed by atoms with van der Waals surface area (Å²) in [6.45, 7) is 2.19. The first-order valence-corrected chi connectivity index (χ1v) is 12.1. The van der Waals surface area contributed by atoms with Crippen molar-refractivity contribution < 1.29 is 17.6 Å². The molecule has 0 unspecified atom stereocenters. The lowest BCUT2D eigenvalue weighted by atomic mass is 10.0. The third-order valence-corrected chi connectivity index (χ3v) is 8.77. The minimum absolute atomic E-state index is 0.0601. The van der Waals surface area contributed by atoms with Gasteiger partial charge in [0, 0.05) is 31.6 Å². The number of nitrogens with zero attached hydrogens (tertiary/aromatic N) is 4. The number of sulfonamides is 1. The number of aromatic nitrogens is 2. The Kier molecular flexibility index (Phi) is 4.92. The lowest BCUT2D eigenvalue weighted by Gasteiger charge is -2.27. The molecule has 0 N–H and O–H groups in total. The van der Waals surface area contributed by atoms with E-state index in [0.29, 0.717) is 38.2 Å². The minimum Gasteiger partial charge on any atom is -0.412 e. The highest BCUT2D eigenvalue weighted by Gasteiger charge is 2.30. The van der Waals surface area contributed by atoms with E-state index in [1.165, 1.54) is 15.9 Å². The predicted molar refractivity (Wildman–Crippen MR) is 110 cm³/mol. The Morgan fingerprint density at radius 2 is 1.83 bits per heavy atom. The first-order valence-electron chi connectivity index (χ1n) is 9.81. The van der Waals surface area contributed by atoms with E-state index in [1.54, 1.807) is 10.3 Å². The molecule has 30 heavy (non-hydrogen) atoms. The number of fused-ring (bicyclic) bond motifs is 1. The molecule has 0 saturated carbocycles. The molecule has 10 heteroatoms. The molecule has 0 radical (unpaired) electrons. The molecular formula is C20H20N4O4S2. The molecular weight excluding hydrogens is 424 g/mol. The molecule has 0 spiro atoms. The molecule has 156 valence electrons. The van der Waals surface area contributed by atoms with Crippen molar-refractivity contribution in [3.63, 3.8) is 0 Å². The summed E-state index contributed by atoms with van der Waals surface area (Å²) in [6, 6.07) is 9.45. The van der Waals surface area contributed by atoms with Crippen molar-refractivity contribution in [1.82, 2.24) is 19.4 Å². The Hall–Kier alpha value is -2.56. The van der Waals surface area contributed by atoms with Crippen LogP contribution >= 0.6 is 11.3 Å². The molecule has 2 aromatic heterocycles. The van der Waals surface area contributed by atoms with Crippen LogP contribution in [0.2, 0.25) is 0 Å². The van der Waals surface area contributed by atoms with Crippen molar-refractivity contribution in [3.05, 3.63) is 52.7 Å². The Bertz CT molecular complexity index is 1190. The van der Waals surface area contributed by atoms with Crippen LogP contribution in [-0.2, 0) is 23.0 Å². The lowest BCUT2D eigenvalue weighted by Crippen LogP contribution is -2.35. The summed E-state index contributed by atoms with van der Waals surface area (Å²) >= 11 is 1.12. The van der Waals surface area contributed by atoms with Crippen molar-refractivity contribution in [1.29, 1.82) is 0 Å². The fourth-order valence-corrected chi connectivity index (χ4v) is 6.57. The van der Waals surface area contributed by atoms with Crippen LogP contribution in [0.4, 0.5) is 0 Å². The maximum absolute atomic E-state index is 13.1. The predicted octanol–water partition coefficient (Wildman–Crippen LogP) is 2.78. The largest absolute Gasteiger partial charge is 0.412 e. The summed E-state index contributed by atoms with van der Waals surface area (Å²) < 4.78 is 33.5. The highest BCUT2D eigenvalue weighted by atomic mass is 32.2. The van der Waals surface area contributed by atoms with Crippen LogP contribution in [0.3, 0.4) is 0 Å². The van der Waals surface area contributed by atoms with Crippen molar-refractivity contribution in [2.24, 2.45) is 0 Å². The van der Waals surface area contributed by atoms with Crippen molar-refractivity contribution in [3.8, 4) is 11.5 Å². The molecule has 0 aliphatic carbocycles. The van der Waals surface area contributed by atoms with Gasteiger partial charge in [-0.05, 0) is 36.5 Å². The number of hydrogen-bond acceptors (Lipinski definition) is 7. The maximum atomic E-state index is 13.1. The average Bonchev–Trinajstić information content (AvgIpc) is 3.54. The van der Waals surface area contributed by atoms with Gasteiger partial charge >= 0.3 is 11.8 Å². The van der Waals surface area contributed by atoms with Crippen LogP contribution in [0.25, 0.3) is 11.5 Å². The lowest BCUT2D eigenvalue weighted by molar-refractivity contribution is 0.0754. The highest BCUT2D eigenvalue weighted by Crippen LogP contribution is 2.32. The zero-order valence-corrected chi connectivity index (χ0v) is 17.8. The number of carbonyl (C=O) groups is 1. The van der Waals surface area contributed by atoms with Crippen LogP contribution in [0.1, 0.15) is 34.7 Å².